The zero-order chi connectivity index (χ0) is 43.5. The molecule has 0 unspecified atom stereocenters. The number of methoxy groups -OCH3 is 1. The predicted octanol–water partition coefficient (Wildman–Crippen LogP) is 6.62. The Balaban J connectivity index is 0.000000702. The normalized spacial score (nSPS) is 13.3. The summed E-state index contributed by atoms with van der Waals surface area (Å²) in [5.74, 6) is 1.56. The molecule has 0 aromatic heterocycles. The van der Waals surface area contributed by atoms with Crippen molar-refractivity contribution >= 4 is 52.5 Å². The van der Waals surface area contributed by atoms with E-state index in [1.165, 1.54) is 12.8 Å². The first kappa shape index (κ1) is 52.8. The number of hydrogen-bond acceptors (Lipinski definition) is 8. The standard InChI is InChI=1S/C11H15NO2.C10H12ClNO.C10H20N2O2.C7H13NO.C5H11NO/c1-8(2)11(13)12-9-4-6-10(14-3)7-5-9;1-7(2)10(13)12-9-5-3-4-8(11)6-9;1-9(2)10(13)11-3-4-12-5-7-14-8-6-12;1-5(2)7(9)8-6-3-4-6;1-4(2)5(7)6-3/h4-8H,1-3H3,(H,12,13);3-7H,1-2H3,(H,12,13);9H,3-8H2,1-2H3,(H,11,13);5-6H,3-4H2,1-2H3,(H,8,9);4H,1-3H3,(H,6,7). The maximum atomic E-state index is 11.3. The van der Waals surface area contributed by atoms with Gasteiger partial charge in [-0.1, -0.05) is 86.9 Å². The molecule has 2 aromatic carbocycles. The smallest absolute Gasteiger partial charge is 0.226 e. The van der Waals surface area contributed by atoms with Gasteiger partial charge in [0.25, 0.3) is 0 Å². The molecule has 13 nitrogen and oxygen atoms in total. The molecule has 2 aromatic rings. The van der Waals surface area contributed by atoms with E-state index in [0.717, 1.165) is 56.5 Å². The van der Waals surface area contributed by atoms with Crippen molar-refractivity contribution in [1.82, 2.24) is 20.9 Å². The molecule has 0 spiro atoms. The Hall–Kier alpha value is -4.20. The molecule has 0 radical (unpaired) electrons. The maximum Gasteiger partial charge on any atom is 0.226 e. The van der Waals surface area contributed by atoms with Crippen molar-refractivity contribution in [3.8, 4) is 5.75 Å². The number of nitrogens with zero attached hydrogens (tertiary/aromatic N) is 1. The van der Waals surface area contributed by atoms with Crippen LogP contribution in [0.25, 0.3) is 0 Å². The van der Waals surface area contributed by atoms with Crippen LogP contribution in [0, 0.1) is 29.6 Å². The fourth-order valence-corrected chi connectivity index (χ4v) is 4.25. The van der Waals surface area contributed by atoms with Crippen molar-refractivity contribution in [2.45, 2.75) is 88.1 Å². The number of hydrogen-bond donors (Lipinski definition) is 5. The summed E-state index contributed by atoms with van der Waals surface area (Å²) in [7, 11) is 3.25. The van der Waals surface area contributed by atoms with Crippen molar-refractivity contribution in [3.63, 3.8) is 0 Å². The quantitative estimate of drug-likeness (QED) is 0.159. The molecule has 1 heterocycles. The van der Waals surface area contributed by atoms with Gasteiger partial charge in [0.15, 0.2) is 0 Å². The van der Waals surface area contributed by atoms with Crippen LogP contribution < -0.4 is 31.3 Å². The highest BCUT2D eigenvalue weighted by atomic mass is 35.5. The highest BCUT2D eigenvalue weighted by Crippen LogP contribution is 2.19. The number of morpholine rings is 1. The molecule has 14 heteroatoms. The van der Waals surface area contributed by atoms with Gasteiger partial charge in [-0.15, -0.1) is 0 Å². The fourth-order valence-electron chi connectivity index (χ4n) is 4.06. The summed E-state index contributed by atoms with van der Waals surface area (Å²) in [6.45, 7) is 24.1. The lowest BCUT2D eigenvalue weighted by Crippen LogP contribution is -2.42. The Morgan fingerprint density at radius 3 is 1.60 bits per heavy atom. The van der Waals surface area contributed by atoms with Crippen LogP contribution in [0.2, 0.25) is 5.02 Å². The molecule has 2 fully saturated rings. The Morgan fingerprint density at radius 2 is 1.19 bits per heavy atom. The second kappa shape index (κ2) is 30.0. The third-order valence-corrected chi connectivity index (χ3v) is 8.31. The van der Waals surface area contributed by atoms with Gasteiger partial charge in [-0.2, -0.15) is 0 Å². The second-order valence-electron chi connectivity index (χ2n) is 15.1. The van der Waals surface area contributed by atoms with Gasteiger partial charge in [-0.25, -0.2) is 0 Å². The molecule has 1 aliphatic heterocycles. The first-order valence-electron chi connectivity index (χ1n) is 19.9. The third kappa shape index (κ3) is 27.1. The minimum absolute atomic E-state index is 0.00210. The molecule has 0 bridgehead atoms. The van der Waals surface area contributed by atoms with Crippen molar-refractivity contribution in [3.05, 3.63) is 53.6 Å². The Kier molecular flexibility index (Phi) is 27.8. The molecule has 5 amide bonds. The summed E-state index contributed by atoms with van der Waals surface area (Å²) in [5, 5.41) is 14.5. The molecule has 57 heavy (non-hydrogen) atoms. The number of anilines is 2. The molecule has 2 aliphatic rings. The number of halogens is 1. The summed E-state index contributed by atoms with van der Waals surface area (Å²) >= 11 is 5.76. The van der Waals surface area contributed by atoms with Crippen LogP contribution in [0.4, 0.5) is 11.4 Å². The molecule has 1 aliphatic carbocycles. The number of amides is 5. The van der Waals surface area contributed by atoms with Crippen LogP contribution in [0.3, 0.4) is 0 Å². The van der Waals surface area contributed by atoms with E-state index in [9.17, 15) is 24.0 Å². The summed E-state index contributed by atoms with van der Waals surface area (Å²) in [6.07, 6.45) is 2.36. The number of ether oxygens (including phenoxy) is 2. The number of benzene rings is 2. The number of nitrogens with one attached hydrogen (secondary N) is 5. The minimum atomic E-state index is -0.0148. The zero-order valence-corrected chi connectivity index (χ0v) is 37.2. The number of rotatable bonds is 12. The van der Waals surface area contributed by atoms with Gasteiger partial charge in [0.2, 0.25) is 29.5 Å². The van der Waals surface area contributed by atoms with Crippen LogP contribution in [0.15, 0.2) is 48.5 Å². The topological polar surface area (TPSA) is 167 Å². The van der Waals surface area contributed by atoms with Crippen LogP contribution in [-0.4, -0.2) is 94.0 Å². The third-order valence-electron chi connectivity index (χ3n) is 8.07. The van der Waals surface area contributed by atoms with Crippen LogP contribution in [-0.2, 0) is 28.7 Å². The van der Waals surface area contributed by atoms with E-state index in [1.54, 1.807) is 32.4 Å². The van der Waals surface area contributed by atoms with Gasteiger partial charge in [-0.05, 0) is 55.3 Å². The van der Waals surface area contributed by atoms with Gasteiger partial charge < -0.3 is 36.1 Å². The fraction of sp³-hybridized carbons (Fsp3) is 0.605. The van der Waals surface area contributed by atoms with Crippen LogP contribution in [0.5, 0.6) is 5.75 Å². The van der Waals surface area contributed by atoms with E-state index in [-0.39, 0.29) is 59.1 Å². The summed E-state index contributed by atoms with van der Waals surface area (Å²) in [5.41, 5.74) is 1.54. The van der Waals surface area contributed by atoms with E-state index >= 15 is 0 Å². The SMILES string of the molecule is CC(C)C(=O)NC1CC1.CC(C)C(=O)NCCN1CCOCC1.CC(C)C(=O)Nc1cccc(Cl)c1.CNC(=O)C(C)C.COc1ccc(NC(=O)C(C)C)cc1. The average molecular weight is 820 g/mol. The van der Waals surface area contributed by atoms with Gasteiger partial charge in [-0.3, -0.25) is 28.9 Å². The maximum absolute atomic E-state index is 11.3. The highest BCUT2D eigenvalue weighted by Gasteiger charge is 2.24. The number of carbonyl (C=O) groups is 5. The Bertz CT molecular complexity index is 1460. The highest BCUT2D eigenvalue weighted by molar-refractivity contribution is 6.30. The van der Waals surface area contributed by atoms with Crippen molar-refractivity contribution in [2.75, 3.05) is 64.2 Å². The molecular formula is C43H71ClN6O7. The van der Waals surface area contributed by atoms with Gasteiger partial charge in [0, 0.05) is 85.3 Å². The summed E-state index contributed by atoms with van der Waals surface area (Å²) in [6, 6.07) is 14.9. The Labute approximate surface area is 347 Å². The molecule has 5 N–H and O–H groups in total. The largest absolute Gasteiger partial charge is 0.497 e. The first-order chi connectivity index (χ1) is 26.8. The van der Waals surface area contributed by atoms with E-state index in [1.807, 2.05) is 99.6 Å². The van der Waals surface area contributed by atoms with Crippen molar-refractivity contribution in [2.24, 2.45) is 29.6 Å². The monoisotopic (exact) mass is 819 g/mol. The first-order valence-corrected chi connectivity index (χ1v) is 20.3. The van der Waals surface area contributed by atoms with Crippen LogP contribution >= 0.6 is 11.6 Å². The molecule has 1 saturated heterocycles. The lowest BCUT2D eigenvalue weighted by atomic mass is 10.2. The van der Waals surface area contributed by atoms with Crippen LogP contribution in [0.1, 0.15) is 82.1 Å². The predicted molar refractivity (Wildman–Crippen MR) is 231 cm³/mol. The van der Waals surface area contributed by atoms with Gasteiger partial charge >= 0.3 is 0 Å². The van der Waals surface area contributed by atoms with E-state index in [0.29, 0.717) is 11.1 Å². The van der Waals surface area contributed by atoms with Crippen molar-refractivity contribution in [1.29, 1.82) is 0 Å². The Morgan fingerprint density at radius 1 is 0.702 bits per heavy atom. The van der Waals surface area contributed by atoms with E-state index in [4.69, 9.17) is 21.1 Å². The molecular weight excluding hydrogens is 748 g/mol. The van der Waals surface area contributed by atoms with Crippen molar-refractivity contribution < 1.29 is 33.4 Å². The van der Waals surface area contributed by atoms with Gasteiger partial charge in [0.1, 0.15) is 5.75 Å². The average Bonchev–Trinajstić information content (AvgIpc) is 4.00. The second-order valence-corrected chi connectivity index (χ2v) is 15.6. The summed E-state index contributed by atoms with van der Waals surface area (Å²) < 4.78 is 10.2. The molecule has 322 valence electrons. The van der Waals surface area contributed by atoms with E-state index in [2.05, 4.69) is 31.5 Å². The molecule has 0 atom stereocenters. The zero-order valence-electron chi connectivity index (χ0n) is 36.4. The lowest BCUT2D eigenvalue weighted by Gasteiger charge is -2.26. The molecule has 4 rings (SSSR count). The summed E-state index contributed by atoms with van der Waals surface area (Å²) in [4.78, 5) is 57.4. The molecule has 1 saturated carbocycles. The number of carbonyl (C=O) groups excluding carboxylic acids is 5. The minimum Gasteiger partial charge on any atom is -0.497 e. The van der Waals surface area contributed by atoms with E-state index < -0.39 is 0 Å². The van der Waals surface area contributed by atoms with Gasteiger partial charge in [0.05, 0.1) is 20.3 Å². The lowest BCUT2D eigenvalue weighted by molar-refractivity contribution is -0.124.